The Hall–Kier alpha value is -2.62. The minimum Gasteiger partial charge on any atom is -0.495 e. The van der Waals surface area contributed by atoms with Crippen molar-refractivity contribution in [2.75, 3.05) is 12.0 Å². The van der Waals surface area contributed by atoms with E-state index in [1.165, 1.54) is 22.4 Å². The monoisotopic (exact) mass is 377 g/mol. The minimum atomic E-state index is -0.271. The number of carbonyl (C=O) groups excluding carboxylic acids is 2. The number of benzene rings is 2. The minimum absolute atomic E-state index is 0.0897. The van der Waals surface area contributed by atoms with Gasteiger partial charge in [0.25, 0.3) is 11.8 Å². The quantitative estimate of drug-likeness (QED) is 0.543. The van der Waals surface area contributed by atoms with E-state index < -0.39 is 0 Å². The van der Waals surface area contributed by atoms with Crippen LogP contribution in [0.15, 0.2) is 30.3 Å². The van der Waals surface area contributed by atoms with Crippen molar-refractivity contribution >= 4 is 17.5 Å². The molecule has 1 aliphatic carbocycles. The molecule has 0 unspecified atom stereocenters. The molecule has 2 amide bonds. The zero-order valence-electron chi connectivity index (χ0n) is 17.1. The fourth-order valence-electron chi connectivity index (χ4n) is 4.19. The topological polar surface area (TPSA) is 46.6 Å². The number of amides is 2. The molecule has 4 heteroatoms. The predicted octanol–water partition coefficient (Wildman–Crippen LogP) is 5.06. The summed E-state index contributed by atoms with van der Waals surface area (Å²) in [5.41, 5.74) is 4.96. The molecule has 0 saturated carbocycles. The van der Waals surface area contributed by atoms with Crippen LogP contribution in [-0.4, -0.2) is 18.9 Å². The summed E-state index contributed by atoms with van der Waals surface area (Å²) in [7, 11) is 1.60. The third kappa shape index (κ3) is 3.01. The van der Waals surface area contributed by atoms with Crippen LogP contribution in [0.5, 0.6) is 5.75 Å². The molecular weight excluding hydrogens is 350 g/mol. The fraction of sp³-hybridized carbons (Fsp3) is 0.417. The first-order valence-corrected chi connectivity index (χ1v) is 10.0. The van der Waals surface area contributed by atoms with Crippen molar-refractivity contribution in [2.45, 2.75) is 58.3 Å². The summed E-state index contributed by atoms with van der Waals surface area (Å²) in [6, 6.07) is 9.60. The highest BCUT2D eigenvalue weighted by molar-refractivity contribution is 6.35. The fourth-order valence-corrected chi connectivity index (χ4v) is 4.19. The highest BCUT2D eigenvalue weighted by Crippen LogP contribution is 2.39. The predicted molar refractivity (Wildman–Crippen MR) is 111 cm³/mol. The van der Waals surface area contributed by atoms with Gasteiger partial charge in [-0.05, 0) is 72.1 Å². The normalized spacial score (nSPS) is 16.6. The van der Waals surface area contributed by atoms with Crippen LogP contribution in [-0.2, 0) is 18.3 Å². The summed E-state index contributed by atoms with van der Waals surface area (Å²) < 4.78 is 5.59. The van der Waals surface area contributed by atoms with Crippen molar-refractivity contribution in [1.29, 1.82) is 0 Å². The van der Waals surface area contributed by atoms with Gasteiger partial charge in [-0.25, -0.2) is 4.90 Å². The van der Waals surface area contributed by atoms with E-state index in [9.17, 15) is 9.59 Å². The molecule has 2 aromatic carbocycles. The van der Waals surface area contributed by atoms with E-state index in [-0.39, 0.29) is 17.2 Å². The Morgan fingerprint density at radius 3 is 2.14 bits per heavy atom. The van der Waals surface area contributed by atoms with Gasteiger partial charge in [-0.1, -0.05) is 33.3 Å². The first kappa shape index (κ1) is 18.7. The summed E-state index contributed by atoms with van der Waals surface area (Å²) in [6.07, 6.45) is 5.50. The number of nitrogens with zero attached hydrogens (tertiary/aromatic N) is 1. The van der Waals surface area contributed by atoms with Crippen molar-refractivity contribution in [3.8, 4) is 5.75 Å². The Balaban J connectivity index is 1.81. The van der Waals surface area contributed by atoms with Crippen LogP contribution >= 0.6 is 0 Å². The number of aryl methyl sites for hydroxylation is 2. The second-order valence-electron chi connectivity index (χ2n) is 8.81. The molecule has 28 heavy (non-hydrogen) atoms. The number of hydrogen-bond donors (Lipinski definition) is 0. The molecule has 146 valence electrons. The number of hydrogen-bond acceptors (Lipinski definition) is 3. The van der Waals surface area contributed by atoms with Crippen LogP contribution in [0.4, 0.5) is 5.69 Å². The van der Waals surface area contributed by atoms with E-state index >= 15 is 0 Å². The van der Waals surface area contributed by atoms with Gasteiger partial charge in [0.1, 0.15) is 5.75 Å². The molecule has 2 aliphatic rings. The molecule has 0 saturated heterocycles. The summed E-state index contributed by atoms with van der Waals surface area (Å²) >= 11 is 0. The molecule has 0 bridgehead atoms. The number of rotatable bonds is 2. The maximum absolute atomic E-state index is 13.2. The lowest BCUT2D eigenvalue weighted by molar-refractivity contribution is 0.0925. The Morgan fingerprint density at radius 2 is 1.50 bits per heavy atom. The van der Waals surface area contributed by atoms with E-state index in [1.54, 1.807) is 13.2 Å². The van der Waals surface area contributed by atoms with Crippen LogP contribution in [0.25, 0.3) is 0 Å². The van der Waals surface area contributed by atoms with Gasteiger partial charge in [0.2, 0.25) is 0 Å². The lowest BCUT2D eigenvalue weighted by Crippen LogP contribution is -2.30. The number of fused-ring (bicyclic) bond motifs is 2. The van der Waals surface area contributed by atoms with Crippen LogP contribution in [0.2, 0.25) is 0 Å². The van der Waals surface area contributed by atoms with E-state index in [2.05, 4.69) is 20.8 Å². The van der Waals surface area contributed by atoms with E-state index in [1.807, 2.05) is 24.3 Å². The molecule has 0 fully saturated rings. The Morgan fingerprint density at radius 1 is 0.857 bits per heavy atom. The lowest BCUT2D eigenvalue weighted by Gasteiger charge is -2.20. The Kier molecular flexibility index (Phi) is 4.53. The molecule has 1 heterocycles. The molecule has 0 spiro atoms. The van der Waals surface area contributed by atoms with Gasteiger partial charge in [0.05, 0.1) is 23.9 Å². The number of carbonyl (C=O) groups is 2. The van der Waals surface area contributed by atoms with Gasteiger partial charge in [0.15, 0.2) is 0 Å². The third-order valence-electron chi connectivity index (χ3n) is 5.89. The largest absolute Gasteiger partial charge is 0.495 e. The van der Waals surface area contributed by atoms with Gasteiger partial charge in [0, 0.05) is 0 Å². The second kappa shape index (κ2) is 6.77. The van der Waals surface area contributed by atoms with Crippen molar-refractivity contribution in [3.63, 3.8) is 0 Å². The Bertz CT molecular complexity index is 969. The third-order valence-corrected chi connectivity index (χ3v) is 5.89. The number of ether oxygens (including phenoxy) is 1. The highest BCUT2D eigenvalue weighted by atomic mass is 16.5. The molecule has 4 rings (SSSR count). The zero-order chi connectivity index (χ0) is 20.1. The molecule has 2 aromatic rings. The van der Waals surface area contributed by atoms with Crippen LogP contribution in [0.3, 0.4) is 0 Å². The maximum Gasteiger partial charge on any atom is 0.266 e. The van der Waals surface area contributed by atoms with Crippen molar-refractivity contribution in [2.24, 2.45) is 0 Å². The standard InChI is InChI=1S/C24H27NO3/c1-24(2,3)17-10-11-18-19(14-17)23(27)25(22(18)26)20-12-15-8-6-5-7-9-16(15)13-21(20)28-4/h10-14H,5-9H2,1-4H3. The number of methoxy groups -OCH3 is 1. The Labute approximate surface area is 166 Å². The van der Waals surface area contributed by atoms with Gasteiger partial charge in [-0.15, -0.1) is 0 Å². The number of anilines is 1. The molecule has 0 aromatic heterocycles. The summed E-state index contributed by atoms with van der Waals surface area (Å²) in [5, 5.41) is 0. The summed E-state index contributed by atoms with van der Waals surface area (Å²) in [4.78, 5) is 27.7. The summed E-state index contributed by atoms with van der Waals surface area (Å²) in [5.74, 6) is 0.0523. The second-order valence-corrected chi connectivity index (χ2v) is 8.81. The van der Waals surface area contributed by atoms with Crippen LogP contribution < -0.4 is 9.64 Å². The molecular formula is C24H27NO3. The SMILES string of the molecule is COc1cc2c(cc1N1C(=O)c3ccc(C(C)(C)C)cc3C1=O)CCCCC2. The van der Waals surface area contributed by atoms with Gasteiger partial charge in [-0.3, -0.25) is 9.59 Å². The molecule has 4 nitrogen and oxygen atoms in total. The molecule has 0 radical (unpaired) electrons. The number of imide groups is 1. The molecule has 0 N–H and O–H groups in total. The van der Waals surface area contributed by atoms with Crippen LogP contribution in [0.1, 0.15) is 77.4 Å². The van der Waals surface area contributed by atoms with Crippen molar-refractivity contribution < 1.29 is 14.3 Å². The summed E-state index contributed by atoms with van der Waals surface area (Å²) in [6.45, 7) is 6.30. The smallest absolute Gasteiger partial charge is 0.266 e. The molecule has 0 atom stereocenters. The average Bonchev–Trinajstić information content (AvgIpc) is 2.80. The van der Waals surface area contributed by atoms with E-state index in [4.69, 9.17) is 4.74 Å². The van der Waals surface area contributed by atoms with E-state index in [0.29, 0.717) is 22.6 Å². The van der Waals surface area contributed by atoms with Crippen molar-refractivity contribution in [1.82, 2.24) is 0 Å². The first-order chi connectivity index (χ1) is 13.3. The highest BCUT2D eigenvalue weighted by Gasteiger charge is 2.39. The van der Waals surface area contributed by atoms with E-state index in [0.717, 1.165) is 31.2 Å². The first-order valence-electron chi connectivity index (χ1n) is 10.0. The van der Waals surface area contributed by atoms with Crippen molar-refractivity contribution in [3.05, 3.63) is 58.1 Å². The van der Waals surface area contributed by atoms with Crippen LogP contribution in [0, 0.1) is 0 Å². The maximum atomic E-state index is 13.2. The molecule has 1 aliphatic heterocycles. The van der Waals surface area contributed by atoms with Gasteiger partial charge in [-0.2, -0.15) is 0 Å². The zero-order valence-corrected chi connectivity index (χ0v) is 17.1. The van der Waals surface area contributed by atoms with Gasteiger partial charge >= 0.3 is 0 Å². The lowest BCUT2D eigenvalue weighted by atomic mass is 9.85. The average molecular weight is 377 g/mol. The van der Waals surface area contributed by atoms with Gasteiger partial charge < -0.3 is 4.74 Å².